The molecule has 212 valence electrons. The van der Waals surface area contributed by atoms with Crippen LogP contribution < -0.4 is 31.3 Å². The number of benzene rings is 1. The molecule has 3 fully saturated rings. The summed E-state index contributed by atoms with van der Waals surface area (Å²) in [6.45, 7) is 4.54. The molecule has 1 aromatic carbocycles. The molecule has 0 unspecified atom stereocenters. The van der Waals surface area contributed by atoms with Gasteiger partial charge in [0.15, 0.2) is 17.6 Å². The Morgan fingerprint density at radius 1 is 1.18 bits per heavy atom. The fourth-order valence-corrected chi connectivity index (χ4v) is 6.87. The maximum absolute atomic E-state index is 13.5. The van der Waals surface area contributed by atoms with Gasteiger partial charge in [0.2, 0.25) is 5.79 Å². The summed E-state index contributed by atoms with van der Waals surface area (Å²) in [5.41, 5.74) is -0.762. The van der Waals surface area contributed by atoms with Crippen molar-refractivity contribution in [2.24, 2.45) is 0 Å². The normalized spacial score (nSPS) is 29.1. The number of carbonyl (C=O) groups is 2. The summed E-state index contributed by atoms with van der Waals surface area (Å²) in [6, 6.07) is 6.01. The van der Waals surface area contributed by atoms with Gasteiger partial charge >= 0.3 is 0 Å². The molecule has 0 bridgehead atoms. The monoisotopic (exact) mass is 568 g/mol. The number of hydrogen-bond donors (Lipinski definition) is 9. The molecule has 9 N–H and O–H groups in total. The topological polar surface area (TPSA) is 195 Å². The van der Waals surface area contributed by atoms with Crippen molar-refractivity contribution in [2.45, 2.75) is 55.3 Å². The molecule has 6 rings (SSSR count). The number of nitrogens with zero attached hydrogens (tertiary/aromatic N) is 1. The molecule has 1 aromatic heterocycles. The Balaban J connectivity index is 1.27. The highest BCUT2D eigenvalue weighted by Crippen LogP contribution is 2.44. The van der Waals surface area contributed by atoms with Crippen LogP contribution in [0.3, 0.4) is 0 Å². The number of fused-ring (bicyclic) bond motifs is 1. The van der Waals surface area contributed by atoms with Crippen molar-refractivity contribution < 1.29 is 24.5 Å². The van der Waals surface area contributed by atoms with Gasteiger partial charge in [0.05, 0.1) is 29.1 Å². The van der Waals surface area contributed by atoms with E-state index in [2.05, 4.69) is 40.4 Å². The molecule has 2 amide bonds. The van der Waals surface area contributed by atoms with E-state index < -0.39 is 35.5 Å². The number of hydrogen-bond acceptors (Lipinski definition) is 8. The average Bonchev–Trinajstić information content (AvgIpc) is 3.61. The van der Waals surface area contributed by atoms with Gasteiger partial charge < -0.3 is 46.4 Å². The van der Waals surface area contributed by atoms with Crippen LogP contribution in [0.25, 0.3) is 0 Å². The SMILES string of the molecule is CC1(C)CCOc2c(C(=O)N[C@H]3CN4C(=N)N[C@@H](CNC(=O)c5cccs5)[C@@H]5NC(=N)N[C@@]54C3(O)O)cccc21. The summed E-state index contributed by atoms with van der Waals surface area (Å²) in [5.74, 6) is -3.30. The molecule has 4 atom stereocenters. The number of rotatable bonds is 5. The van der Waals surface area contributed by atoms with Crippen LogP contribution in [-0.2, 0) is 5.41 Å². The van der Waals surface area contributed by atoms with Gasteiger partial charge in [-0.05, 0) is 29.3 Å². The van der Waals surface area contributed by atoms with E-state index in [1.54, 1.807) is 29.6 Å². The molecular weight excluding hydrogens is 536 g/mol. The molecule has 13 nitrogen and oxygen atoms in total. The molecule has 14 heteroatoms. The summed E-state index contributed by atoms with van der Waals surface area (Å²) in [6.07, 6.45) is 0.803. The van der Waals surface area contributed by atoms with E-state index >= 15 is 0 Å². The molecule has 5 heterocycles. The highest BCUT2D eigenvalue weighted by Gasteiger charge is 2.74. The van der Waals surface area contributed by atoms with Crippen molar-refractivity contribution >= 4 is 35.1 Å². The summed E-state index contributed by atoms with van der Waals surface area (Å²) < 4.78 is 5.88. The molecule has 1 spiro atoms. The lowest BCUT2D eigenvalue weighted by Crippen LogP contribution is -2.81. The third-order valence-electron chi connectivity index (χ3n) is 8.39. The van der Waals surface area contributed by atoms with E-state index in [9.17, 15) is 19.8 Å². The molecule has 2 aromatic rings. The Labute approximate surface area is 234 Å². The summed E-state index contributed by atoms with van der Waals surface area (Å²) >= 11 is 1.29. The van der Waals surface area contributed by atoms with Gasteiger partial charge in [-0.3, -0.25) is 20.4 Å². The quantitative estimate of drug-likeness (QED) is 0.212. The van der Waals surface area contributed by atoms with E-state index in [1.165, 1.54) is 16.2 Å². The number of amides is 2. The van der Waals surface area contributed by atoms with Crippen molar-refractivity contribution in [3.05, 3.63) is 51.7 Å². The van der Waals surface area contributed by atoms with Gasteiger partial charge in [-0.2, -0.15) is 0 Å². The zero-order valence-electron chi connectivity index (χ0n) is 22.0. The van der Waals surface area contributed by atoms with Crippen LogP contribution in [-0.4, -0.2) is 88.1 Å². The van der Waals surface area contributed by atoms with Crippen molar-refractivity contribution in [1.82, 2.24) is 31.5 Å². The minimum absolute atomic E-state index is 0.0394. The lowest BCUT2D eigenvalue weighted by Gasteiger charge is -2.51. The summed E-state index contributed by atoms with van der Waals surface area (Å²) in [5, 5.41) is 56.4. The maximum Gasteiger partial charge on any atom is 0.261 e. The second kappa shape index (κ2) is 9.08. The van der Waals surface area contributed by atoms with E-state index in [0.29, 0.717) is 17.2 Å². The first kappa shape index (κ1) is 26.3. The number of nitrogens with one attached hydrogen (secondary N) is 7. The van der Waals surface area contributed by atoms with Crippen LogP contribution in [0.15, 0.2) is 35.7 Å². The molecular formula is C26H32N8O5S. The third kappa shape index (κ3) is 3.81. The number of guanidine groups is 2. The second-order valence-electron chi connectivity index (χ2n) is 11.2. The first-order valence-electron chi connectivity index (χ1n) is 13.1. The first-order valence-corrected chi connectivity index (χ1v) is 13.9. The second-order valence-corrected chi connectivity index (χ2v) is 12.2. The Morgan fingerprint density at radius 3 is 2.73 bits per heavy atom. The largest absolute Gasteiger partial charge is 0.492 e. The van der Waals surface area contributed by atoms with Crippen LogP contribution in [0, 0.1) is 10.8 Å². The molecule has 0 aliphatic carbocycles. The highest BCUT2D eigenvalue weighted by atomic mass is 32.1. The van der Waals surface area contributed by atoms with Crippen molar-refractivity contribution in [3.63, 3.8) is 0 Å². The highest BCUT2D eigenvalue weighted by molar-refractivity contribution is 7.12. The van der Waals surface area contributed by atoms with Gasteiger partial charge in [-0.15, -0.1) is 11.3 Å². The Hall–Kier alpha value is -3.88. The van der Waals surface area contributed by atoms with Gasteiger partial charge in [-0.25, -0.2) is 0 Å². The number of para-hydroxylation sites is 1. The fourth-order valence-electron chi connectivity index (χ4n) is 6.23. The number of ether oxygens (including phenoxy) is 1. The Kier molecular flexibility index (Phi) is 5.98. The van der Waals surface area contributed by atoms with Crippen LogP contribution in [0.5, 0.6) is 5.75 Å². The van der Waals surface area contributed by atoms with E-state index in [4.69, 9.17) is 15.6 Å². The zero-order chi connectivity index (χ0) is 28.4. The standard InChI is InChI=1S/C26H32N8O5S/c1-24(2)8-9-39-18-13(5-3-6-14(18)24)20(35)31-17-12-34-23(28)30-15(11-29-21(36)16-7-4-10-40-16)19-25(34,26(17,37)38)33-22(27)32-19/h3-7,10,15,17,19,37-38H,8-9,11-12H2,1-2H3,(H2,28,30)(H,29,36)(H,31,35)(H3,27,32,33)/t15-,17-,19-,25-/m0/s1. The molecule has 0 saturated carbocycles. The molecule has 0 radical (unpaired) electrons. The van der Waals surface area contributed by atoms with Gasteiger partial charge in [0.25, 0.3) is 11.8 Å². The first-order chi connectivity index (χ1) is 19.0. The van der Waals surface area contributed by atoms with Crippen LogP contribution in [0.4, 0.5) is 0 Å². The van der Waals surface area contributed by atoms with Crippen LogP contribution in [0.1, 0.15) is 45.9 Å². The smallest absolute Gasteiger partial charge is 0.261 e. The maximum atomic E-state index is 13.5. The van der Waals surface area contributed by atoms with Crippen LogP contribution in [0.2, 0.25) is 0 Å². The van der Waals surface area contributed by atoms with Crippen molar-refractivity contribution in [3.8, 4) is 5.75 Å². The zero-order valence-corrected chi connectivity index (χ0v) is 22.8. The Bertz CT molecular complexity index is 1400. The van der Waals surface area contributed by atoms with Crippen molar-refractivity contribution in [1.29, 1.82) is 10.8 Å². The minimum Gasteiger partial charge on any atom is -0.492 e. The van der Waals surface area contributed by atoms with E-state index in [1.807, 2.05) is 6.07 Å². The third-order valence-corrected chi connectivity index (χ3v) is 9.26. The van der Waals surface area contributed by atoms with E-state index in [-0.39, 0.29) is 41.9 Å². The average molecular weight is 569 g/mol. The molecule has 4 aliphatic heterocycles. The van der Waals surface area contributed by atoms with Crippen LogP contribution >= 0.6 is 11.3 Å². The number of aliphatic hydroxyl groups is 2. The predicted octanol–water partition coefficient (Wildman–Crippen LogP) is -0.568. The molecule has 4 aliphatic rings. The summed E-state index contributed by atoms with van der Waals surface area (Å²) in [4.78, 5) is 28.0. The minimum atomic E-state index is -2.62. The van der Waals surface area contributed by atoms with E-state index in [0.717, 1.165) is 12.0 Å². The van der Waals surface area contributed by atoms with Gasteiger partial charge in [-0.1, -0.05) is 32.0 Å². The molecule has 3 saturated heterocycles. The number of carbonyl (C=O) groups excluding carboxylic acids is 2. The van der Waals surface area contributed by atoms with Gasteiger partial charge in [0.1, 0.15) is 11.8 Å². The van der Waals surface area contributed by atoms with Gasteiger partial charge in [0, 0.05) is 18.7 Å². The lowest BCUT2D eigenvalue weighted by molar-refractivity contribution is -0.232. The Morgan fingerprint density at radius 2 is 1.98 bits per heavy atom. The predicted molar refractivity (Wildman–Crippen MR) is 147 cm³/mol. The van der Waals surface area contributed by atoms with Crippen molar-refractivity contribution in [2.75, 3.05) is 19.7 Å². The molecule has 40 heavy (non-hydrogen) atoms. The number of thiophene rings is 1. The summed E-state index contributed by atoms with van der Waals surface area (Å²) in [7, 11) is 0. The lowest BCUT2D eigenvalue weighted by atomic mass is 9.79. The fraction of sp³-hybridized carbons (Fsp3) is 0.462.